The molecule has 0 spiro atoms. The van der Waals surface area contributed by atoms with Gasteiger partial charge in [-0.15, -0.1) is 0 Å². The number of nitrogens with zero attached hydrogens (tertiary/aromatic N) is 1. The number of ether oxygens (including phenoxy) is 1. The van der Waals surface area contributed by atoms with Crippen LogP contribution in [0.15, 0.2) is 0 Å². The van der Waals surface area contributed by atoms with E-state index < -0.39 is 0 Å². The second-order valence-corrected chi connectivity index (χ2v) is 6.03. The summed E-state index contributed by atoms with van der Waals surface area (Å²) in [5.41, 5.74) is -0.0102. The number of hydrogen-bond donors (Lipinski definition) is 1. The molecule has 0 aliphatic carbocycles. The lowest BCUT2D eigenvalue weighted by Crippen LogP contribution is -2.56. The first-order chi connectivity index (χ1) is 7.30. The topological polar surface area (TPSA) is 24.5 Å². The summed E-state index contributed by atoms with van der Waals surface area (Å²) in [4.78, 5) is 2.53. The highest BCUT2D eigenvalue weighted by Crippen LogP contribution is 2.22. The van der Waals surface area contributed by atoms with Crippen molar-refractivity contribution in [2.24, 2.45) is 0 Å². The van der Waals surface area contributed by atoms with Crippen LogP contribution in [0.25, 0.3) is 0 Å². The van der Waals surface area contributed by atoms with Crippen molar-refractivity contribution in [1.29, 1.82) is 0 Å². The Bertz CT molecular complexity index is 216. The first kappa shape index (κ1) is 13.9. The van der Waals surface area contributed by atoms with Gasteiger partial charge in [-0.1, -0.05) is 13.8 Å². The fraction of sp³-hybridized carbons (Fsp3) is 1.00. The first-order valence-electron chi connectivity index (χ1n) is 6.45. The van der Waals surface area contributed by atoms with Crippen LogP contribution in [0.2, 0.25) is 0 Å². The Morgan fingerprint density at radius 3 is 2.50 bits per heavy atom. The minimum atomic E-state index is -0.0102. The molecule has 3 heteroatoms. The molecule has 0 aromatic rings. The van der Waals surface area contributed by atoms with Crippen LogP contribution in [0.3, 0.4) is 0 Å². The minimum Gasteiger partial charge on any atom is -0.370 e. The van der Waals surface area contributed by atoms with Gasteiger partial charge in [0.2, 0.25) is 0 Å². The largest absolute Gasteiger partial charge is 0.370 e. The van der Waals surface area contributed by atoms with E-state index in [9.17, 15) is 0 Å². The van der Waals surface area contributed by atoms with Crippen LogP contribution in [-0.4, -0.2) is 48.3 Å². The summed E-state index contributed by atoms with van der Waals surface area (Å²) < 4.78 is 5.92. The van der Waals surface area contributed by atoms with Crippen LogP contribution >= 0.6 is 0 Å². The van der Waals surface area contributed by atoms with Crippen LogP contribution in [0.4, 0.5) is 0 Å². The number of nitrogens with one attached hydrogen (secondary N) is 1. The Balaban J connectivity index is 2.45. The van der Waals surface area contributed by atoms with Crippen LogP contribution in [0, 0.1) is 0 Å². The second-order valence-electron chi connectivity index (χ2n) is 6.03. The molecule has 1 heterocycles. The summed E-state index contributed by atoms with van der Waals surface area (Å²) in [6.45, 7) is 16.3. The summed E-state index contributed by atoms with van der Waals surface area (Å²) in [6, 6.07) is 1.14. The van der Waals surface area contributed by atoms with Gasteiger partial charge >= 0.3 is 0 Å². The highest BCUT2D eigenvalue weighted by atomic mass is 16.5. The standard InChI is InChI=1S/C13H28N2O/c1-10(2)14-7-11(3)15-8-12(4)16-13(5,6)9-15/h10-12,14H,7-9H2,1-6H3. The van der Waals surface area contributed by atoms with E-state index in [1.807, 2.05) is 0 Å². The summed E-state index contributed by atoms with van der Waals surface area (Å²) in [6.07, 6.45) is 0.338. The van der Waals surface area contributed by atoms with Crippen molar-refractivity contribution in [1.82, 2.24) is 10.2 Å². The third-order valence-electron chi connectivity index (χ3n) is 3.04. The third kappa shape index (κ3) is 4.40. The van der Waals surface area contributed by atoms with E-state index in [4.69, 9.17) is 4.74 Å². The SMILES string of the molecule is CC(C)NCC(C)N1CC(C)OC(C)(C)C1. The zero-order chi connectivity index (χ0) is 12.3. The first-order valence-corrected chi connectivity index (χ1v) is 6.45. The fourth-order valence-electron chi connectivity index (χ4n) is 2.37. The van der Waals surface area contributed by atoms with Gasteiger partial charge in [0.05, 0.1) is 11.7 Å². The van der Waals surface area contributed by atoms with Crippen LogP contribution in [-0.2, 0) is 4.74 Å². The summed E-state index contributed by atoms with van der Waals surface area (Å²) >= 11 is 0. The maximum absolute atomic E-state index is 5.92. The fourth-order valence-corrected chi connectivity index (χ4v) is 2.37. The highest BCUT2D eigenvalue weighted by Gasteiger charge is 2.33. The molecule has 0 radical (unpaired) electrons. The molecular formula is C13H28N2O. The summed E-state index contributed by atoms with van der Waals surface area (Å²) in [5, 5.41) is 3.50. The van der Waals surface area contributed by atoms with Gasteiger partial charge in [-0.25, -0.2) is 0 Å². The Kier molecular flexibility index (Phi) is 4.77. The second kappa shape index (κ2) is 5.48. The van der Waals surface area contributed by atoms with E-state index in [-0.39, 0.29) is 5.60 Å². The lowest BCUT2D eigenvalue weighted by atomic mass is 10.0. The van der Waals surface area contributed by atoms with E-state index in [0.29, 0.717) is 18.2 Å². The van der Waals surface area contributed by atoms with E-state index in [0.717, 1.165) is 19.6 Å². The summed E-state index contributed by atoms with van der Waals surface area (Å²) in [7, 11) is 0. The minimum absolute atomic E-state index is 0.0102. The molecule has 16 heavy (non-hydrogen) atoms. The van der Waals surface area contributed by atoms with E-state index in [1.54, 1.807) is 0 Å². The summed E-state index contributed by atoms with van der Waals surface area (Å²) in [5.74, 6) is 0. The molecule has 1 aliphatic rings. The molecule has 96 valence electrons. The average molecular weight is 228 g/mol. The third-order valence-corrected chi connectivity index (χ3v) is 3.04. The van der Waals surface area contributed by atoms with Crippen molar-refractivity contribution in [2.75, 3.05) is 19.6 Å². The van der Waals surface area contributed by atoms with Gasteiger partial charge in [0.25, 0.3) is 0 Å². The molecule has 1 aliphatic heterocycles. The van der Waals surface area contributed by atoms with Crippen molar-refractivity contribution < 1.29 is 4.74 Å². The quantitative estimate of drug-likeness (QED) is 0.795. The van der Waals surface area contributed by atoms with Gasteiger partial charge < -0.3 is 10.1 Å². The lowest BCUT2D eigenvalue weighted by molar-refractivity contribution is -0.136. The van der Waals surface area contributed by atoms with E-state index in [2.05, 4.69) is 51.8 Å². The monoisotopic (exact) mass is 228 g/mol. The molecule has 1 rings (SSSR count). The predicted octanol–water partition coefficient (Wildman–Crippen LogP) is 1.87. The molecule has 1 saturated heterocycles. The Morgan fingerprint density at radius 2 is 2.00 bits per heavy atom. The maximum Gasteiger partial charge on any atom is 0.0757 e. The molecule has 0 aromatic heterocycles. The van der Waals surface area contributed by atoms with E-state index in [1.165, 1.54) is 0 Å². The van der Waals surface area contributed by atoms with Crippen molar-refractivity contribution in [3.63, 3.8) is 0 Å². The zero-order valence-corrected chi connectivity index (χ0v) is 11.7. The van der Waals surface area contributed by atoms with Gasteiger partial charge in [0, 0.05) is 31.7 Å². The molecule has 1 fully saturated rings. The van der Waals surface area contributed by atoms with Crippen LogP contribution < -0.4 is 5.32 Å². The number of rotatable bonds is 4. The number of morpholine rings is 1. The Morgan fingerprint density at radius 1 is 1.38 bits per heavy atom. The van der Waals surface area contributed by atoms with Crippen molar-refractivity contribution >= 4 is 0 Å². The Labute approximate surface area is 101 Å². The van der Waals surface area contributed by atoms with Gasteiger partial charge in [-0.05, 0) is 27.7 Å². The predicted molar refractivity (Wildman–Crippen MR) is 68.8 cm³/mol. The van der Waals surface area contributed by atoms with Crippen molar-refractivity contribution in [2.45, 2.75) is 65.3 Å². The smallest absolute Gasteiger partial charge is 0.0757 e. The number of hydrogen-bond acceptors (Lipinski definition) is 3. The van der Waals surface area contributed by atoms with Gasteiger partial charge in [0.15, 0.2) is 0 Å². The Hall–Kier alpha value is -0.120. The zero-order valence-electron chi connectivity index (χ0n) is 11.7. The van der Waals surface area contributed by atoms with Crippen LogP contribution in [0.5, 0.6) is 0 Å². The lowest BCUT2D eigenvalue weighted by Gasteiger charge is -2.44. The maximum atomic E-state index is 5.92. The molecule has 0 amide bonds. The molecular weight excluding hydrogens is 200 g/mol. The molecule has 2 atom stereocenters. The molecule has 0 aromatic carbocycles. The molecule has 1 N–H and O–H groups in total. The average Bonchev–Trinajstić information content (AvgIpc) is 2.10. The normalized spacial score (nSPS) is 28.3. The van der Waals surface area contributed by atoms with Gasteiger partial charge in [-0.3, -0.25) is 4.90 Å². The molecule has 0 saturated carbocycles. The van der Waals surface area contributed by atoms with Gasteiger partial charge in [-0.2, -0.15) is 0 Å². The van der Waals surface area contributed by atoms with Crippen molar-refractivity contribution in [3.05, 3.63) is 0 Å². The van der Waals surface area contributed by atoms with E-state index >= 15 is 0 Å². The highest BCUT2D eigenvalue weighted by molar-refractivity contribution is 4.85. The molecule has 0 bridgehead atoms. The van der Waals surface area contributed by atoms with Crippen molar-refractivity contribution in [3.8, 4) is 0 Å². The molecule has 2 unspecified atom stereocenters. The molecule has 3 nitrogen and oxygen atoms in total. The van der Waals surface area contributed by atoms with Crippen LogP contribution in [0.1, 0.15) is 41.5 Å². The van der Waals surface area contributed by atoms with Gasteiger partial charge in [0.1, 0.15) is 0 Å².